The van der Waals surface area contributed by atoms with Crippen molar-refractivity contribution in [3.63, 3.8) is 0 Å². The lowest BCUT2D eigenvalue weighted by Gasteiger charge is -2.16. The Morgan fingerprint density at radius 3 is 2.46 bits per heavy atom. The van der Waals surface area contributed by atoms with Gasteiger partial charge < -0.3 is 4.74 Å². The third-order valence-electron chi connectivity index (χ3n) is 1.67. The molecule has 0 atom stereocenters. The van der Waals surface area contributed by atoms with Gasteiger partial charge in [0.05, 0.1) is 12.7 Å². The van der Waals surface area contributed by atoms with Crippen molar-refractivity contribution in [2.45, 2.75) is 12.6 Å². The van der Waals surface area contributed by atoms with Crippen LogP contribution in [0.25, 0.3) is 0 Å². The van der Waals surface area contributed by atoms with E-state index in [-0.39, 0.29) is 0 Å². The summed E-state index contributed by atoms with van der Waals surface area (Å²) in [6.45, 7) is 3.48. The van der Waals surface area contributed by atoms with Crippen molar-refractivity contribution in [3.8, 4) is 0 Å². The maximum atomic E-state index is 12.2. The molecule has 0 bridgehead atoms. The molecule has 0 N–H and O–H groups in total. The molecule has 72 valence electrons. The molecular formula is C9H9F3O. The molecule has 4 heteroatoms. The van der Waals surface area contributed by atoms with Crippen LogP contribution in [-0.2, 0) is 4.74 Å². The molecule has 0 fully saturated rings. The average Bonchev–Trinajstić information content (AvgIpc) is 2.01. The summed E-state index contributed by atoms with van der Waals surface area (Å²) in [5, 5.41) is 0. The van der Waals surface area contributed by atoms with Crippen LogP contribution < -0.4 is 0 Å². The minimum absolute atomic E-state index is 0.292. The fourth-order valence-electron chi connectivity index (χ4n) is 1.06. The molecule has 1 rings (SSSR count). The van der Waals surface area contributed by atoms with E-state index in [9.17, 15) is 13.2 Å². The third kappa shape index (κ3) is 2.37. The highest BCUT2D eigenvalue weighted by atomic mass is 19.4. The van der Waals surface area contributed by atoms with Crippen LogP contribution in [0.4, 0.5) is 13.2 Å². The highest BCUT2D eigenvalue weighted by molar-refractivity contribution is 5.39. The molecule has 0 aromatic rings. The number of hydrogen-bond acceptors (Lipinski definition) is 1. The molecular weight excluding hydrogens is 181 g/mol. The van der Waals surface area contributed by atoms with E-state index >= 15 is 0 Å². The topological polar surface area (TPSA) is 9.23 Å². The molecule has 1 aliphatic rings. The van der Waals surface area contributed by atoms with Crippen LogP contribution in [0.15, 0.2) is 35.6 Å². The maximum Gasteiger partial charge on any atom is 0.416 e. The number of halogens is 3. The van der Waals surface area contributed by atoms with Gasteiger partial charge in [-0.15, -0.1) is 0 Å². The predicted molar refractivity (Wildman–Crippen MR) is 43.0 cm³/mol. The van der Waals surface area contributed by atoms with Crippen LogP contribution in [-0.4, -0.2) is 13.3 Å². The lowest BCUT2D eigenvalue weighted by Crippen LogP contribution is -2.13. The van der Waals surface area contributed by atoms with Gasteiger partial charge in [0.15, 0.2) is 0 Å². The molecule has 0 heterocycles. The molecule has 0 aromatic heterocycles. The van der Waals surface area contributed by atoms with Crippen molar-refractivity contribution in [3.05, 3.63) is 35.6 Å². The zero-order valence-corrected chi connectivity index (χ0v) is 7.11. The molecule has 0 spiro atoms. The zero-order valence-electron chi connectivity index (χ0n) is 7.11. The fraction of sp³-hybridized carbons (Fsp3) is 0.333. The standard InChI is InChI=1S/C9H9F3O/c1-6-3-7(9(10,11)12)5-8(4-6)13-2/h3,5H,1,4H2,2H3. The Hall–Kier alpha value is -1.19. The van der Waals surface area contributed by atoms with Crippen molar-refractivity contribution >= 4 is 0 Å². The van der Waals surface area contributed by atoms with Gasteiger partial charge in [0.1, 0.15) is 5.76 Å². The lowest BCUT2D eigenvalue weighted by atomic mass is 10.0. The van der Waals surface area contributed by atoms with E-state index in [1.54, 1.807) is 0 Å². The van der Waals surface area contributed by atoms with Gasteiger partial charge in [0.2, 0.25) is 0 Å². The molecule has 0 aliphatic heterocycles. The van der Waals surface area contributed by atoms with E-state index in [4.69, 9.17) is 4.74 Å². The van der Waals surface area contributed by atoms with Crippen LogP contribution in [0.3, 0.4) is 0 Å². The first-order valence-electron chi connectivity index (χ1n) is 3.64. The maximum absolute atomic E-state index is 12.2. The van der Waals surface area contributed by atoms with E-state index in [1.165, 1.54) is 7.11 Å². The second-order valence-electron chi connectivity index (χ2n) is 2.75. The van der Waals surface area contributed by atoms with E-state index in [0.717, 1.165) is 12.2 Å². The number of ether oxygens (including phenoxy) is 1. The van der Waals surface area contributed by atoms with Crippen LogP contribution in [0.2, 0.25) is 0 Å². The van der Waals surface area contributed by atoms with Crippen molar-refractivity contribution in [2.75, 3.05) is 7.11 Å². The first-order chi connectivity index (χ1) is 5.93. The van der Waals surface area contributed by atoms with Crippen molar-refractivity contribution < 1.29 is 17.9 Å². The number of methoxy groups -OCH3 is 1. The van der Waals surface area contributed by atoms with E-state index in [1.807, 2.05) is 0 Å². The minimum atomic E-state index is -4.33. The lowest BCUT2D eigenvalue weighted by molar-refractivity contribution is -0.0887. The van der Waals surface area contributed by atoms with Gasteiger partial charge in [-0.1, -0.05) is 6.58 Å². The largest absolute Gasteiger partial charge is 0.501 e. The summed E-state index contributed by atoms with van der Waals surface area (Å²) in [6, 6.07) is 0. The van der Waals surface area contributed by atoms with E-state index in [2.05, 4.69) is 6.58 Å². The van der Waals surface area contributed by atoms with Gasteiger partial charge in [0.25, 0.3) is 0 Å². The quantitative estimate of drug-likeness (QED) is 0.617. The highest BCUT2D eigenvalue weighted by Gasteiger charge is 2.33. The number of alkyl halides is 3. The Labute approximate surface area is 74.2 Å². The first kappa shape index (κ1) is 9.89. The summed E-state index contributed by atoms with van der Waals surface area (Å²) in [7, 11) is 1.35. The number of allylic oxidation sites excluding steroid dienone is 4. The molecule has 0 saturated carbocycles. The van der Waals surface area contributed by atoms with Gasteiger partial charge >= 0.3 is 6.18 Å². The van der Waals surface area contributed by atoms with Gasteiger partial charge in [-0.3, -0.25) is 0 Å². The molecule has 0 saturated heterocycles. The summed E-state index contributed by atoms with van der Waals surface area (Å²) >= 11 is 0. The SMILES string of the molecule is C=C1C=C(C(F)(F)F)C=C(OC)C1. The van der Waals surface area contributed by atoms with Crippen molar-refractivity contribution in [1.29, 1.82) is 0 Å². The summed E-state index contributed by atoms with van der Waals surface area (Å²) < 4.78 is 41.4. The Bertz CT molecular complexity index is 284. The second-order valence-corrected chi connectivity index (χ2v) is 2.75. The monoisotopic (exact) mass is 190 g/mol. The Kier molecular flexibility index (Phi) is 2.50. The molecule has 13 heavy (non-hydrogen) atoms. The third-order valence-corrected chi connectivity index (χ3v) is 1.67. The fourth-order valence-corrected chi connectivity index (χ4v) is 1.06. The van der Waals surface area contributed by atoms with Gasteiger partial charge in [-0.2, -0.15) is 13.2 Å². The smallest absolute Gasteiger partial charge is 0.416 e. The van der Waals surface area contributed by atoms with Crippen molar-refractivity contribution in [1.82, 2.24) is 0 Å². The molecule has 1 aliphatic carbocycles. The molecule has 0 unspecified atom stereocenters. The van der Waals surface area contributed by atoms with Crippen LogP contribution in [0.5, 0.6) is 0 Å². The normalized spacial score (nSPS) is 18.0. The van der Waals surface area contributed by atoms with E-state index in [0.29, 0.717) is 17.8 Å². The van der Waals surface area contributed by atoms with Gasteiger partial charge in [0, 0.05) is 6.42 Å². The summed E-state index contributed by atoms with van der Waals surface area (Å²) in [5.74, 6) is 0.292. The van der Waals surface area contributed by atoms with E-state index < -0.39 is 11.7 Å². The second kappa shape index (κ2) is 3.28. The summed E-state index contributed by atoms with van der Waals surface area (Å²) in [5.41, 5.74) is -0.299. The van der Waals surface area contributed by atoms with Gasteiger partial charge in [-0.05, 0) is 17.7 Å². The molecule has 0 amide bonds. The zero-order chi connectivity index (χ0) is 10.1. The van der Waals surface area contributed by atoms with Gasteiger partial charge in [-0.25, -0.2) is 0 Å². The summed E-state index contributed by atoms with van der Waals surface area (Å²) in [6.07, 6.45) is -1.96. The van der Waals surface area contributed by atoms with Crippen LogP contribution in [0, 0.1) is 0 Å². The Morgan fingerprint density at radius 2 is 2.00 bits per heavy atom. The van der Waals surface area contributed by atoms with Crippen LogP contribution in [0.1, 0.15) is 6.42 Å². The van der Waals surface area contributed by atoms with Crippen molar-refractivity contribution in [2.24, 2.45) is 0 Å². The predicted octanol–water partition coefficient (Wildman–Crippen LogP) is 2.97. The Balaban J connectivity index is 2.97. The Morgan fingerprint density at radius 1 is 1.38 bits per heavy atom. The minimum Gasteiger partial charge on any atom is -0.501 e. The molecule has 0 radical (unpaired) electrons. The molecule has 0 aromatic carbocycles. The molecule has 1 nitrogen and oxygen atoms in total. The number of rotatable bonds is 1. The van der Waals surface area contributed by atoms with Crippen LogP contribution >= 0.6 is 0 Å². The number of hydrogen-bond donors (Lipinski definition) is 0. The average molecular weight is 190 g/mol. The summed E-state index contributed by atoms with van der Waals surface area (Å²) in [4.78, 5) is 0. The highest BCUT2D eigenvalue weighted by Crippen LogP contribution is 2.32. The first-order valence-corrected chi connectivity index (χ1v) is 3.64.